The SMILES string of the molecule is CC(N1CCN(C(=O)c2ccc(CNS(C)(=O)=O)o2)CC1)C(F)(F)F. The Kier molecular flexibility index (Phi) is 5.79. The molecule has 1 atom stereocenters. The van der Waals surface area contributed by atoms with Crippen LogP contribution < -0.4 is 4.72 Å². The maximum Gasteiger partial charge on any atom is 0.403 e. The quantitative estimate of drug-likeness (QED) is 0.822. The van der Waals surface area contributed by atoms with Crippen LogP contribution in [0.25, 0.3) is 0 Å². The average molecular weight is 383 g/mol. The molecule has 0 aliphatic carbocycles. The molecule has 11 heteroatoms. The third-order valence-electron chi connectivity index (χ3n) is 4.00. The number of piperazine rings is 1. The highest BCUT2D eigenvalue weighted by atomic mass is 32.2. The Morgan fingerprint density at radius 3 is 2.40 bits per heavy atom. The first-order chi connectivity index (χ1) is 11.5. The summed E-state index contributed by atoms with van der Waals surface area (Å²) in [4.78, 5) is 15.0. The highest BCUT2D eigenvalue weighted by Gasteiger charge is 2.41. The maximum absolute atomic E-state index is 12.7. The molecule has 1 N–H and O–H groups in total. The molecule has 0 aromatic carbocycles. The number of alkyl halides is 3. The predicted molar refractivity (Wildman–Crippen MR) is 83.4 cm³/mol. The number of sulfonamides is 1. The normalized spacial score (nSPS) is 18.4. The number of amides is 1. The van der Waals surface area contributed by atoms with E-state index in [0.29, 0.717) is 0 Å². The van der Waals surface area contributed by atoms with Gasteiger partial charge >= 0.3 is 6.18 Å². The first-order valence-electron chi connectivity index (χ1n) is 7.61. The monoisotopic (exact) mass is 383 g/mol. The Hall–Kier alpha value is -1.59. The van der Waals surface area contributed by atoms with Crippen molar-refractivity contribution < 1.29 is 30.8 Å². The second-order valence-electron chi connectivity index (χ2n) is 5.90. The number of carbonyl (C=O) groups is 1. The maximum atomic E-state index is 12.7. The number of nitrogens with one attached hydrogen (secondary N) is 1. The highest BCUT2D eigenvalue weighted by Crippen LogP contribution is 2.25. The van der Waals surface area contributed by atoms with Gasteiger partial charge in [-0.15, -0.1) is 0 Å². The molecule has 1 amide bonds. The highest BCUT2D eigenvalue weighted by molar-refractivity contribution is 7.88. The lowest BCUT2D eigenvalue weighted by molar-refractivity contribution is -0.181. The lowest BCUT2D eigenvalue weighted by atomic mass is 10.2. The summed E-state index contributed by atoms with van der Waals surface area (Å²) in [5, 5.41) is 0. The summed E-state index contributed by atoms with van der Waals surface area (Å²) in [6.07, 6.45) is -3.29. The minimum atomic E-state index is -4.30. The average Bonchev–Trinajstić information content (AvgIpc) is 2.99. The van der Waals surface area contributed by atoms with Crippen molar-refractivity contribution in [1.29, 1.82) is 0 Å². The van der Waals surface area contributed by atoms with Crippen LogP contribution in [0.15, 0.2) is 16.5 Å². The summed E-state index contributed by atoms with van der Waals surface area (Å²) in [6, 6.07) is 1.35. The van der Waals surface area contributed by atoms with E-state index >= 15 is 0 Å². The predicted octanol–water partition coefficient (Wildman–Crippen LogP) is 1.04. The summed E-state index contributed by atoms with van der Waals surface area (Å²) >= 11 is 0. The molecule has 0 spiro atoms. The van der Waals surface area contributed by atoms with Gasteiger partial charge in [-0.2, -0.15) is 13.2 Å². The van der Waals surface area contributed by atoms with Gasteiger partial charge in [0.1, 0.15) is 11.8 Å². The van der Waals surface area contributed by atoms with Gasteiger partial charge in [0, 0.05) is 26.2 Å². The molecule has 2 heterocycles. The van der Waals surface area contributed by atoms with Crippen LogP contribution in [0.5, 0.6) is 0 Å². The van der Waals surface area contributed by atoms with Crippen LogP contribution in [0.1, 0.15) is 23.2 Å². The van der Waals surface area contributed by atoms with Gasteiger partial charge in [-0.1, -0.05) is 0 Å². The fraction of sp³-hybridized carbons (Fsp3) is 0.643. The number of nitrogens with zero attached hydrogens (tertiary/aromatic N) is 2. The van der Waals surface area contributed by atoms with Gasteiger partial charge in [-0.05, 0) is 19.1 Å². The van der Waals surface area contributed by atoms with Gasteiger partial charge in [0.2, 0.25) is 10.0 Å². The number of carbonyl (C=O) groups excluding carboxylic acids is 1. The molecule has 1 aromatic rings. The molecule has 25 heavy (non-hydrogen) atoms. The Balaban J connectivity index is 1.91. The number of halogens is 3. The zero-order valence-electron chi connectivity index (χ0n) is 13.8. The third kappa shape index (κ3) is 5.44. The van der Waals surface area contributed by atoms with Crippen molar-refractivity contribution in [1.82, 2.24) is 14.5 Å². The van der Waals surface area contributed by atoms with Crippen molar-refractivity contribution in [2.75, 3.05) is 32.4 Å². The Morgan fingerprint density at radius 2 is 1.88 bits per heavy atom. The summed E-state index contributed by atoms with van der Waals surface area (Å²) in [5.41, 5.74) is 0. The van der Waals surface area contributed by atoms with E-state index in [4.69, 9.17) is 4.42 Å². The first kappa shape index (κ1) is 19.7. The van der Waals surface area contributed by atoms with Crippen LogP contribution in [0.4, 0.5) is 13.2 Å². The van der Waals surface area contributed by atoms with E-state index in [0.717, 1.165) is 13.2 Å². The van der Waals surface area contributed by atoms with Crippen LogP contribution in [0, 0.1) is 0 Å². The number of hydrogen-bond acceptors (Lipinski definition) is 5. The molecular weight excluding hydrogens is 363 g/mol. The molecule has 1 fully saturated rings. The largest absolute Gasteiger partial charge is 0.455 e. The fourth-order valence-corrected chi connectivity index (χ4v) is 2.87. The Bertz CT molecular complexity index is 709. The Morgan fingerprint density at radius 1 is 1.28 bits per heavy atom. The topological polar surface area (TPSA) is 82.9 Å². The van der Waals surface area contributed by atoms with E-state index in [2.05, 4.69) is 4.72 Å². The van der Waals surface area contributed by atoms with Crippen LogP contribution in [-0.2, 0) is 16.6 Å². The molecule has 0 bridgehead atoms. The van der Waals surface area contributed by atoms with E-state index in [1.54, 1.807) is 0 Å². The van der Waals surface area contributed by atoms with E-state index in [1.165, 1.54) is 21.9 Å². The van der Waals surface area contributed by atoms with Crippen LogP contribution in [0.2, 0.25) is 0 Å². The summed E-state index contributed by atoms with van der Waals surface area (Å²) in [5.74, 6) is -0.120. The van der Waals surface area contributed by atoms with Gasteiger partial charge in [-0.25, -0.2) is 13.1 Å². The van der Waals surface area contributed by atoms with Crippen molar-refractivity contribution >= 4 is 15.9 Å². The lowest BCUT2D eigenvalue weighted by Gasteiger charge is -2.38. The molecule has 1 aliphatic heterocycles. The molecule has 142 valence electrons. The minimum absolute atomic E-state index is 0.0302. The van der Waals surface area contributed by atoms with E-state index < -0.39 is 28.1 Å². The summed E-state index contributed by atoms with van der Waals surface area (Å²) in [6.45, 7) is 1.59. The van der Waals surface area contributed by atoms with E-state index in [1.807, 2.05) is 0 Å². The molecule has 0 saturated carbocycles. The summed E-state index contributed by atoms with van der Waals surface area (Å²) in [7, 11) is -3.38. The molecule has 1 saturated heterocycles. The standard InChI is InChI=1S/C14H20F3N3O4S/c1-10(14(15,16)17)19-5-7-20(8-6-19)13(21)12-4-3-11(24-12)9-18-25(2,22)23/h3-4,10,18H,5-9H2,1-2H3. The zero-order chi connectivity index (χ0) is 18.8. The smallest absolute Gasteiger partial charge is 0.403 e. The zero-order valence-corrected chi connectivity index (χ0v) is 14.7. The van der Waals surface area contributed by atoms with Crippen molar-refractivity contribution in [2.45, 2.75) is 25.7 Å². The molecule has 7 nitrogen and oxygen atoms in total. The third-order valence-corrected chi connectivity index (χ3v) is 4.67. The van der Waals surface area contributed by atoms with Crippen molar-refractivity contribution in [2.24, 2.45) is 0 Å². The number of hydrogen-bond donors (Lipinski definition) is 1. The molecule has 0 radical (unpaired) electrons. The molecule has 2 rings (SSSR count). The van der Waals surface area contributed by atoms with Gasteiger partial charge in [0.05, 0.1) is 12.8 Å². The molecule has 1 unspecified atom stereocenters. The van der Waals surface area contributed by atoms with E-state index in [-0.39, 0.29) is 44.2 Å². The molecule has 1 aromatic heterocycles. The van der Waals surface area contributed by atoms with Crippen molar-refractivity contribution in [3.8, 4) is 0 Å². The number of furan rings is 1. The fourth-order valence-electron chi connectivity index (χ4n) is 2.47. The second kappa shape index (κ2) is 7.34. The van der Waals surface area contributed by atoms with Gasteiger partial charge in [0.15, 0.2) is 5.76 Å². The van der Waals surface area contributed by atoms with E-state index in [9.17, 15) is 26.4 Å². The first-order valence-corrected chi connectivity index (χ1v) is 9.50. The van der Waals surface area contributed by atoms with Gasteiger partial charge < -0.3 is 9.32 Å². The lowest BCUT2D eigenvalue weighted by Crippen LogP contribution is -2.54. The van der Waals surface area contributed by atoms with Crippen molar-refractivity contribution in [3.63, 3.8) is 0 Å². The van der Waals surface area contributed by atoms with Crippen LogP contribution in [-0.4, -0.2) is 68.8 Å². The molecular formula is C14H20F3N3O4S. The van der Waals surface area contributed by atoms with Gasteiger partial charge in [0.25, 0.3) is 5.91 Å². The second-order valence-corrected chi connectivity index (χ2v) is 7.74. The summed E-state index contributed by atoms with van der Waals surface area (Å²) < 4.78 is 67.8. The Labute approximate surface area is 143 Å². The van der Waals surface area contributed by atoms with Crippen molar-refractivity contribution in [3.05, 3.63) is 23.7 Å². The van der Waals surface area contributed by atoms with Gasteiger partial charge in [-0.3, -0.25) is 9.69 Å². The number of rotatable bonds is 5. The van der Waals surface area contributed by atoms with Crippen LogP contribution in [0.3, 0.4) is 0 Å². The minimum Gasteiger partial charge on any atom is -0.455 e. The molecule has 1 aliphatic rings. The van der Waals surface area contributed by atoms with Crippen LogP contribution >= 0.6 is 0 Å².